The van der Waals surface area contributed by atoms with E-state index in [9.17, 15) is 0 Å². The monoisotopic (exact) mass is 192 g/mol. The minimum absolute atomic E-state index is 0.477. The zero-order chi connectivity index (χ0) is 9.10. The van der Waals surface area contributed by atoms with Crippen LogP contribution in [-0.4, -0.2) is 13.2 Å². The van der Waals surface area contributed by atoms with Gasteiger partial charge in [-0.25, -0.2) is 0 Å². The largest absolute Gasteiger partial charge is 0.379 e. The second-order valence-electron chi connectivity index (χ2n) is 3.16. The molecule has 2 heterocycles. The van der Waals surface area contributed by atoms with E-state index < -0.39 is 0 Å². The number of hydrogen-bond donors (Lipinski definition) is 0. The van der Waals surface area contributed by atoms with Gasteiger partial charge in [0.15, 0.2) is 0 Å². The molecule has 0 unspecified atom stereocenters. The third-order valence-electron chi connectivity index (χ3n) is 2.06. The van der Waals surface area contributed by atoms with Gasteiger partial charge in [0, 0.05) is 15.8 Å². The van der Waals surface area contributed by atoms with Gasteiger partial charge in [-0.05, 0) is 12.5 Å². The highest BCUT2D eigenvalue weighted by Gasteiger charge is 2.14. The first kappa shape index (κ1) is 8.80. The summed E-state index contributed by atoms with van der Waals surface area (Å²) >= 11 is 1.79. The predicted octanol–water partition coefficient (Wildman–Crippen LogP) is 2.31. The van der Waals surface area contributed by atoms with E-state index in [1.54, 1.807) is 11.3 Å². The number of ether oxygens (including phenoxy) is 1. The first-order valence-corrected chi connectivity index (χ1v) is 5.43. The zero-order valence-corrected chi connectivity index (χ0v) is 8.49. The van der Waals surface area contributed by atoms with E-state index in [-0.39, 0.29) is 0 Å². The lowest BCUT2D eigenvalue weighted by Crippen LogP contribution is -2.25. The van der Waals surface area contributed by atoms with Crippen LogP contribution < -0.4 is 0 Å². The van der Waals surface area contributed by atoms with E-state index in [1.165, 1.54) is 4.88 Å². The first-order chi connectivity index (χ1) is 6.38. The minimum atomic E-state index is 0.477. The fourth-order valence-corrected chi connectivity index (χ4v) is 1.90. The highest BCUT2D eigenvalue weighted by molar-refractivity contribution is 7.10. The van der Waals surface area contributed by atoms with Gasteiger partial charge in [0.1, 0.15) is 0 Å². The maximum Gasteiger partial charge on any atom is 0.0674 e. The molecule has 0 aromatic carbocycles. The van der Waals surface area contributed by atoms with Crippen LogP contribution in [0.1, 0.15) is 17.4 Å². The number of hydrogen-bond acceptors (Lipinski definition) is 2. The van der Waals surface area contributed by atoms with E-state index >= 15 is 0 Å². The Morgan fingerprint density at radius 2 is 2.46 bits per heavy atom. The van der Waals surface area contributed by atoms with E-state index in [4.69, 9.17) is 4.74 Å². The van der Waals surface area contributed by atoms with Crippen LogP contribution >= 0.6 is 11.3 Å². The molecule has 0 aliphatic carbocycles. The molecule has 1 nitrogen and oxygen atoms in total. The van der Waals surface area contributed by atoms with Gasteiger partial charge >= 0.3 is 0 Å². The highest BCUT2D eigenvalue weighted by atomic mass is 32.1. The van der Waals surface area contributed by atoms with Gasteiger partial charge in [0.25, 0.3) is 0 Å². The number of aryl methyl sites for hydroxylation is 1. The molecule has 0 amide bonds. The molecule has 1 aliphatic rings. The molecule has 0 N–H and O–H groups in total. The Labute approximate surface area is 82.7 Å². The summed E-state index contributed by atoms with van der Waals surface area (Å²) in [5.41, 5.74) is 1.16. The van der Waals surface area contributed by atoms with E-state index in [0.29, 0.717) is 5.92 Å². The standard InChI is InChI=1S/C11H12OS/c1-2-11-5-9(8-13-11)3-4-10-6-12-7-10/h5,8,10H,2,6-7H2,1H3. The van der Waals surface area contributed by atoms with E-state index in [2.05, 4.69) is 30.2 Å². The van der Waals surface area contributed by atoms with Gasteiger partial charge in [-0.15, -0.1) is 11.3 Å². The van der Waals surface area contributed by atoms with Gasteiger partial charge in [-0.2, -0.15) is 0 Å². The maximum absolute atomic E-state index is 5.05. The summed E-state index contributed by atoms with van der Waals surface area (Å²) in [5.74, 6) is 6.86. The Bertz CT molecular complexity index is 338. The summed E-state index contributed by atoms with van der Waals surface area (Å²) < 4.78 is 5.05. The number of rotatable bonds is 1. The summed E-state index contributed by atoms with van der Waals surface area (Å²) in [5, 5.41) is 2.13. The van der Waals surface area contributed by atoms with Crippen molar-refractivity contribution < 1.29 is 4.74 Å². The fourth-order valence-electron chi connectivity index (χ4n) is 1.14. The van der Waals surface area contributed by atoms with Gasteiger partial charge in [0.2, 0.25) is 0 Å². The van der Waals surface area contributed by atoms with Crippen molar-refractivity contribution >= 4 is 11.3 Å². The first-order valence-electron chi connectivity index (χ1n) is 4.55. The van der Waals surface area contributed by atoms with Crippen molar-refractivity contribution in [2.24, 2.45) is 5.92 Å². The summed E-state index contributed by atoms with van der Waals surface area (Å²) in [6, 6.07) is 2.18. The van der Waals surface area contributed by atoms with Crippen LogP contribution in [0.5, 0.6) is 0 Å². The van der Waals surface area contributed by atoms with Crippen LogP contribution in [0.15, 0.2) is 11.4 Å². The fraction of sp³-hybridized carbons (Fsp3) is 0.455. The molecule has 0 saturated carbocycles. The van der Waals surface area contributed by atoms with Crippen LogP contribution in [0, 0.1) is 17.8 Å². The lowest BCUT2D eigenvalue weighted by atomic mass is 10.1. The average Bonchev–Trinajstić information content (AvgIpc) is 2.49. The lowest BCUT2D eigenvalue weighted by molar-refractivity contribution is -0.00300. The predicted molar refractivity (Wildman–Crippen MR) is 54.9 cm³/mol. The molecule has 1 saturated heterocycles. The minimum Gasteiger partial charge on any atom is -0.379 e. The molecular weight excluding hydrogens is 180 g/mol. The van der Waals surface area contributed by atoms with Crippen molar-refractivity contribution in [3.05, 3.63) is 21.9 Å². The van der Waals surface area contributed by atoms with Crippen molar-refractivity contribution in [3.63, 3.8) is 0 Å². The van der Waals surface area contributed by atoms with Crippen molar-refractivity contribution in [1.29, 1.82) is 0 Å². The molecule has 1 aromatic heterocycles. The van der Waals surface area contributed by atoms with Crippen molar-refractivity contribution in [1.82, 2.24) is 0 Å². The molecule has 1 aromatic rings. The normalized spacial score (nSPS) is 16.1. The molecule has 13 heavy (non-hydrogen) atoms. The molecule has 0 spiro atoms. The van der Waals surface area contributed by atoms with Gasteiger partial charge in [-0.1, -0.05) is 18.8 Å². The van der Waals surface area contributed by atoms with Crippen LogP contribution in [-0.2, 0) is 11.2 Å². The van der Waals surface area contributed by atoms with Crippen LogP contribution in [0.4, 0.5) is 0 Å². The quantitative estimate of drug-likeness (QED) is 0.620. The molecule has 68 valence electrons. The molecule has 0 atom stereocenters. The van der Waals surface area contributed by atoms with E-state index in [0.717, 1.165) is 25.2 Å². The van der Waals surface area contributed by atoms with Crippen molar-refractivity contribution in [3.8, 4) is 11.8 Å². The topological polar surface area (TPSA) is 9.23 Å². The van der Waals surface area contributed by atoms with Crippen molar-refractivity contribution in [2.75, 3.05) is 13.2 Å². The summed E-state index contributed by atoms with van der Waals surface area (Å²) in [4.78, 5) is 1.41. The SMILES string of the molecule is CCc1cc(C#CC2COC2)cs1. The summed E-state index contributed by atoms with van der Waals surface area (Å²) in [6.45, 7) is 3.80. The molecule has 2 rings (SSSR count). The Balaban J connectivity index is 2.02. The average molecular weight is 192 g/mol. The summed E-state index contributed by atoms with van der Waals surface area (Å²) in [6.07, 6.45) is 1.11. The van der Waals surface area contributed by atoms with Crippen LogP contribution in [0.3, 0.4) is 0 Å². The Morgan fingerprint density at radius 1 is 1.62 bits per heavy atom. The number of thiophene rings is 1. The zero-order valence-electron chi connectivity index (χ0n) is 7.67. The molecule has 1 aliphatic heterocycles. The second kappa shape index (κ2) is 3.95. The Morgan fingerprint density at radius 3 is 3.00 bits per heavy atom. The van der Waals surface area contributed by atoms with Crippen molar-refractivity contribution in [2.45, 2.75) is 13.3 Å². The molecule has 1 fully saturated rings. The maximum atomic E-state index is 5.05. The second-order valence-corrected chi connectivity index (χ2v) is 4.15. The van der Waals surface area contributed by atoms with Gasteiger partial charge < -0.3 is 4.74 Å². The molecule has 0 bridgehead atoms. The lowest BCUT2D eigenvalue weighted by Gasteiger charge is -2.19. The van der Waals surface area contributed by atoms with Crippen LogP contribution in [0.2, 0.25) is 0 Å². The molecular formula is C11H12OS. The summed E-state index contributed by atoms with van der Waals surface area (Å²) in [7, 11) is 0. The van der Waals surface area contributed by atoms with Gasteiger partial charge in [-0.3, -0.25) is 0 Å². The molecule has 2 heteroatoms. The highest BCUT2D eigenvalue weighted by Crippen LogP contribution is 2.14. The Kier molecular flexibility index (Phi) is 2.68. The van der Waals surface area contributed by atoms with E-state index in [1.807, 2.05) is 0 Å². The Hall–Kier alpha value is -0.780. The van der Waals surface area contributed by atoms with Gasteiger partial charge in [0.05, 0.1) is 19.1 Å². The third-order valence-corrected chi connectivity index (χ3v) is 3.14. The third kappa shape index (κ3) is 2.12. The van der Waals surface area contributed by atoms with Crippen LogP contribution in [0.25, 0.3) is 0 Å². The smallest absolute Gasteiger partial charge is 0.0674 e. The molecule has 0 radical (unpaired) electrons.